The van der Waals surface area contributed by atoms with Crippen LogP contribution in [0.15, 0.2) is 53.3 Å². The van der Waals surface area contributed by atoms with Crippen molar-refractivity contribution in [2.75, 3.05) is 18.4 Å². The van der Waals surface area contributed by atoms with Crippen molar-refractivity contribution in [1.29, 1.82) is 0 Å². The van der Waals surface area contributed by atoms with E-state index in [0.717, 1.165) is 35.3 Å². The standard InChI is InChI=1S/C17H16N4O/c22-17-13-6-2-1-5-12(13)16-14(20-17)7-8-15(21-16)19-10-11-4-3-9-18-11/h1-8,11,18H,9-10H2,(H,19,21)(H,20,22). The molecule has 2 aromatic heterocycles. The zero-order chi connectivity index (χ0) is 14.9. The first-order chi connectivity index (χ1) is 10.8. The lowest BCUT2D eigenvalue weighted by molar-refractivity contribution is 0.693. The van der Waals surface area contributed by atoms with Crippen LogP contribution in [0.25, 0.3) is 21.8 Å². The predicted molar refractivity (Wildman–Crippen MR) is 89.3 cm³/mol. The Balaban J connectivity index is 1.75. The molecule has 3 N–H and O–H groups in total. The van der Waals surface area contributed by atoms with Crippen molar-refractivity contribution >= 4 is 27.6 Å². The highest BCUT2D eigenvalue weighted by Crippen LogP contribution is 2.20. The van der Waals surface area contributed by atoms with Gasteiger partial charge in [0.15, 0.2) is 0 Å². The van der Waals surface area contributed by atoms with Crippen molar-refractivity contribution < 1.29 is 0 Å². The average molecular weight is 292 g/mol. The maximum absolute atomic E-state index is 12.1. The molecule has 0 spiro atoms. The molecular formula is C17H16N4O. The minimum absolute atomic E-state index is 0.0779. The molecule has 1 atom stereocenters. The summed E-state index contributed by atoms with van der Waals surface area (Å²) in [5, 5.41) is 8.24. The third-order valence-electron chi connectivity index (χ3n) is 3.94. The van der Waals surface area contributed by atoms with Crippen molar-refractivity contribution in [1.82, 2.24) is 15.3 Å². The summed E-state index contributed by atoms with van der Waals surface area (Å²) in [6, 6.07) is 11.7. The SMILES string of the molecule is O=c1[nH]c2ccc(NCC3C=CCN3)nc2c2ccccc12. The Kier molecular flexibility index (Phi) is 3.12. The second-order valence-electron chi connectivity index (χ2n) is 5.42. The summed E-state index contributed by atoms with van der Waals surface area (Å²) in [6.07, 6.45) is 4.28. The highest BCUT2D eigenvalue weighted by Gasteiger charge is 2.09. The molecule has 3 aromatic rings. The van der Waals surface area contributed by atoms with Crippen LogP contribution < -0.4 is 16.2 Å². The molecule has 1 aliphatic heterocycles. The van der Waals surface area contributed by atoms with Gasteiger partial charge in [-0.25, -0.2) is 4.98 Å². The van der Waals surface area contributed by atoms with Crippen molar-refractivity contribution in [2.24, 2.45) is 0 Å². The summed E-state index contributed by atoms with van der Waals surface area (Å²) in [5.74, 6) is 0.812. The molecule has 5 heteroatoms. The van der Waals surface area contributed by atoms with Crippen molar-refractivity contribution in [3.05, 3.63) is 58.9 Å². The number of nitrogens with zero attached hydrogens (tertiary/aromatic N) is 1. The van der Waals surface area contributed by atoms with Crippen LogP contribution in [-0.4, -0.2) is 29.1 Å². The molecule has 110 valence electrons. The number of anilines is 1. The van der Waals surface area contributed by atoms with Gasteiger partial charge in [0.25, 0.3) is 5.56 Å². The topological polar surface area (TPSA) is 69.8 Å². The number of rotatable bonds is 3. The lowest BCUT2D eigenvalue weighted by Gasteiger charge is -2.12. The van der Waals surface area contributed by atoms with Gasteiger partial charge in [-0.05, 0) is 18.2 Å². The van der Waals surface area contributed by atoms with E-state index in [1.165, 1.54) is 0 Å². The van der Waals surface area contributed by atoms with E-state index in [9.17, 15) is 4.79 Å². The quantitative estimate of drug-likeness (QED) is 0.510. The largest absolute Gasteiger partial charge is 0.368 e. The predicted octanol–water partition coefficient (Wildman–Crippen LogP) is 2.02. The van der Waals surface area contributed by atoms with Gasteiger partial charge in [0.05, 0.1) is 11.0 Å². The number of pyridine rings is 2. The van der Waals surface area contributed by atoms with E-state index in [4.69, 9.17) is 0 Å². The smallest absolute Gasteiger partial charge is 0.256 e. The molecule has 1 unspecified atom stereocenters. The minimum Gasteiger partial charge on any atom is -0.368 e. The third-order valence-corrected chi connectivity index (χ3v) is 3.94. The number of aromatic nitrogens is 2. The van der Waals surface area contributed by atoms with Crippen LogP contribution in [0.3, 0.4) is 0 Å². The second-order valence-corrected chi connectivity index (χ2v) is 5.42. The van der Waals surface area contributed by atoms with Gasteiger partial charge in [-0.15, -0.1) is 0 Å². The molecule has 1 aromatic carbocycles. The van der Waals surface area contributed by atoms with Gasteiger partial charge < -0.3 is 15.6 Å². The highest BCUT2D eigenvalue weighted by atomic mass is 16.1. The summed E-state index contributed by atoms with van der Waals surface area (Å²) >= 11 is 0. The van der Waals surface area contributed by atoms with Crippen molar-refractivity contribution in [3.63, 3.8) is 0 Å². The molecule has 0 radical (unpaired) electrons. The van der Waals surface area contributed by atoms with E-state index < -0.39 is 0 Å². The molecular weight excluding hydrogens is 276 g/mol. The van der Waals surface area contributed by atoms with E-state index in [0.29, 0.717) is 11.4 Å². The second kappa shape index (κ2) is 5.27. The first-order valence-electron chi connectivity index (χ1n) is 7.37. The fourth-order valence-corrected chi connectivity index (χ4v) is 2.82. The molecule has 3 heterocycles. The van der Waals surface area contributed by atoms with Crippen molar-refractivity contribution in [3.8, 4) is 0 Å². The Morgan fingerprint density at radius 1 is 1.18 bits per heavy atom. The van der Waals surface area contributed by atoms with Gasteiger partial charge in [-0.3, -0.25) is 4.79 Å². The van der Waals surface area contributed by atoms with E-state index in [2.05, 4.69) is 32.8 Å². The average Bonchev–Trinajstić information content (AvgIpc) is 3.07. The fourth-order valence-electron chi connectivity index (χ4n) is 2.82. The van der Waals surface area contributed by atoms with Gasteiger partial charge in [-0.2, -0.15) is 0 Å². The van der Waals surface area contributed by atoms with Gasteiger partial charge in [-0.1, -0.05) is 30.4 Å². The van der Waals surface area contributed by atoms with Crippen LogP contribution in [0.1, 0.15) is 0 Å². The fraction of sp³-hybridized carbons (Fsp3) is 0.176. The zero-order valence-electron chi connectivity index (χ0n) is 12.0. The van der Waals surface area contributed by atoms with Crippen LogP contribution in [0, 0.1) is 0 Å². The number of nitrogens with one attached hydrogen (secondary N) is 3. The van der Waals surface area contributed by atoms with Crippen molar-refractivity contribution in [2.45, 2.75) is 6.04 Å². The molecule has 22 heavy (non-hydrogen) atoms. The van der Waals surface area contributed by atoms with Crippen LogP contribution in [-0.2, 0) is 0 Å². The number of benzene rings is 1. The first kappa shape index (κ1) is 13.0. The summed E-state index contributed by atoms with van der Waals surface area (Å²) in [4.78, 5) is 19.6. The number of aromatic amines is 1. The monoisotopic (exact) mass is 292 g/mol. The zero-order valence-corrected chi connectivity index (χ0v) is 12.0. The molecule has 0 saturated heterocycles. The van der Waals surface area contributed by atoms with E-state index in [1.807, 2.05) is 36.4 Å². The Morgan fingerprint density at radius 2 is 2.05 bits per heavy atom. The molecule has 1 aliphatic rings. The van der Waals surface area contributed by atoms with Crippen LogP contribution in [0.5, 0.6) is 0 Å². The summed E-state index contributed by atoms with van der Waals surface area (Å²) < 4.78 is 0. The maximum atomic E-state index is 12.1. The number of hydrogen-bond donors (Lipinski definition) is 3. The van der Waals surface area contributed by atoms with E-state index in [1.54, 1.807) is 0 Å². The van der Waals surface area contributed by atoms with Gasteiger partial charge >= 0.3 is 0 Å². The third kappa shape index (κ3) is 2.25. The van der Waals surface area contributed by atoms with E-state index >= 15 is 0 Å². The van der Waals surface area contributed by atoms with Gasteiger partial charge in [0, 0.05) is 29.9 Å². The molecule has 0 aliphatic carbocycles. The minimum atomic E-state index is -0.0779. The lowest BCUT2D eigenvalue weighted by atomic mass is 10.1. The number of hydrogen-bond acceptors (Lipinski definition) is 4. The maximum Gasteiger partial charge on any atom is 0.256 e. The molecule has 5 nitrogen and oxygen atoms in total. The molecule has 0 bridgehead atoms. The lowest BCUT2D eigenvalue weighted by Crippen LogP contribution is -2.29. The normalized spacial score (nSPS) is 17.4. The molecule has 0 amide bonds. The van der Waals surface area contributed by atoms with Crippen LogP contribution in [0.2, 0.25) is 0 Å². The Bertz CT molecular complexity index is 929. The van der Waals surface area contributed by atoms with Crippen LogP contribution in [0.4, 0.5) is 5.82 Å². The summed E-state index contributed by atoms with van der Waals surface area (Å²) in [6.45, 7) is 1.71. The molecule has 0 saturated carbocycles. The summed E-state index contributed by atoms with van der Waals surface area (Å²) in [7, 11) is 0. The summed E-state index contributed by atoms with van der Waals surface area (Å²) in [5.41, 5.74) is 1.49. The Hall–Kier alpha value is -2.66. The molecule has 4 rings (SSSR count). The number of fused-ring (bicyclic) bond motifs is 3. The van der Waals surface area contributed by atoms with E-state index in [-0.39, 0.29) is 5.56 Å². The number of H-pyrrole nitrogens is 1. The highest BCUT2D eigenvalue weighted by molar-refractivity contribution is 6.03. The Morgan fingerprint density at radius 3 is 2.86 bits per heavy atom. The van der Waals surface area contributed by atoms with Gasteiger partial charge in [0.1, 0.15) is 5.82 Å². The first-order valence-corrected chi connectivity index (χ1v) is 7.37. The van der Waals surface area contributed by atoms with Gasteiger partial charge in [0.2, 0.25) is 0 Å². The Labute approximate surface area is 127 Å². The molecule has 0 fully saturated rings. The van der Waals surface area contributed by atoms with Crippen LogP contribution >= 0.6 is 0 Å².